The zero-order valence-corrected chi connectivity index (χ0v) is 12.9. The first kappa shape index (κ1) is 26.7. The molecule has 0 bridgehead atoms. The van der Waals surface area contributed by atoms with Crippen LogP contribution in [0.4, 0.5) is 0 Å². The van der Waals surface area contributed by atoms with Gasteiger partial charge in [-0.05, 0) is 24.9 Å². The first-order chi connectivity index (χ1) is 8.40. The molecule has 0 heterocycles. The van der Waals surface area contributed by atoms with Gasteiger partial charge in [-0.3, -0.25) is 4.21 Å². The average molecular weight is 324 g/mol. The fourth-order valence-electron chi connectivity index (χ4n) is 0.538. The van der Waals surface area contributed by atoms with Gasteiger partial charge < -0.3 is 4.55 Å². The molecule has 1 aromatic carbocycles. The van der Waals surface area contributed by atoms with Gasteiger partial charge in [-0.25, -0.2) is 12.1 Å². The van der Waals surface area contributed by atoms with Gasteiger partial charge in [0.15, 0.2) is 0 Å². The molecule has 0 saturated heterocycles. The first-order valence-corrected chi connectivity index (χ1v) is 5.79. The molecule has 0 radical (unpaired) electrons. The van der Waals surface area contributed by atoms with E-state index in [0.717, 1.165) is 0 Å². The molecule has 6 heteroatoms. The van der Waals surface area contributed by atoms with Crippen LogP contribution in [0.5, 0.6) is 0 Å². The summed E-state index contributed by atoms with van der Waals surface area (Å²) in [6.07, 6.45) is 1.40. The smallest absolute Gasteiger partial charge is 6.00 e. The van der Waals surface area contributed by atoms with Crippen LogP contribution in [0, 0.1) is 20.2 Å². The summed E-state index contributed by atoms with van der Waals surface area (Å²) in [6.45, 7) is 17.6. The summed E-state index contributed by atoms with van der Waals surface area (Å²) in [5.41, 5.74) is 1.34. The normalized spacial score (nSPS) is 9.47. The molecule has 0 aliphatic carbocycles. The summed E-state index contributed by atoms with van der Waals surface area (Å²) in [4.78, 5) is 0. The Morgan fingerprint density at radius 1 is 1.26 bits per heavy atom. The third-order valence-corrected chi connectivity index (χ3v) is 2.78. The summed E-state index contributed by atoms with van der Waals surface area (Å²) < 4.78 is 34.6. The van der Waals surface area contributed by atoms with Gasteiger partial charge in [0.1, 0.15) is 0 Å². The van der Waals surface area contributed by atoms with Crippen molar-refractivity contribution in [1.29, 1.82) is 0 Å². The maximum Gasteiger partial charge on any atom is 6.00 e. The van der Waals surface area contributed by atoms with Crippen LogP contribution in [0.25, 0.3) is 0 Å². The van der Waals surface area contributed by atoms with Crippen molar-refractivity contribution in [3.05, 3.63) is 55.8 Å². The summed E-state index contributed by atoms with van der Waals surface area (Å²) in [5.74, 6) is 0. The van der Waals surface area contributed by atoms with Crippen LogP contribution < -0.4 is 0 Å². The molecule has 0 spiro atoms. The van der Waals surface area contributed by atoms with Crippen molar-refractivity contribution in [2.24, 2.45) is 0 Å². The second-order valence-corrected chi connectivity index (χ2v) is 5.03. The fraction of sp³-hybridized carbons (Fsp3) is 0.308. The van der Waals surface area contributed by atoms with Crippen LogP contribution in [-0.2, 0) is 37.5 Å². The van der Waals surface area contributed by atoms with Gasteiger partial charge in [-0.15, -0.1) is 6.58 Å². The maximum atomic E-state index is 10.2. The van der Waals surface area contributed by atoms with Crippen LogP contribution in [0.1, 0.15) is 19.4 Å². The Labute approximate surface area is 127 Å². The van der Waals surface area contributed by atoms with Gasteiger partial charge in [0.2, 0.25) is 0 Å². The second-order valence-electron chi connectivity index (χ2n) is 3.50. The number of hydrogen-bond donors (Lipinski definition) is 0. The molecule has 102 valence electrons. The summed E-state index contributed by atoms with van der Waals surface area (Å²) >= 11 is -2.04. The van der Waals surface area contributed by atoms with Crippen molar-refractivity contribution in [2.75, 3.05) is 0 Å². The first-order valence-electron chi connectivity index (χ1n) is 4.72. The topological polar surface area (TPSA) is 79.9 Å². The second kappa shape index (κ2) is 17.2. The minimum atomic E-state index is -2.04. The average Bonchev–Trinajstić information content (AvgIpc) is 2.86. The molecule has 1 rings (SSSR count). The Balaban J connectivity index is -0.0000000912. The number of hydrogen-bond acceptors (Lipinski definition) is 2. The fourth-order valence-corrected chi connectivity index (χ4v) is 0.674. The molecular weight excluding hydrogens is 308 g/mol. The van der Waals surface area contributed by atoms with E-state index in [0.29, 0.717) is 0 Å². The largest absolute Gasteiger partial charge is 6.00 e. The molecule has 0 aliphatic heterocycles. The zero-order valence-electron chi connectivity index (χ0n) is 11.0. The molecule has 0 amide bonds. The Hall–Kier alpha value is -0.801. The molecule has 19 heavy (non-hydrogen) atoms. The third kappa shape index (κ3) is 17.2. The van der Waals surface area contributed by atoms with Crippen LogP contribution in [0.15, 0.2) is 36.9 Å². The quantitative estimate of drug-likeness (QED) is 0.275. The van der Waals surface area contributed by atoms with Gasteiger partial charge in [-0.2, -0.15) is 17.7 Å². The molecule has 0 aliphatic rings. The van der Waals surface area contributed by atoms with Gasteiger partial charge in [0.25, 0.3) is 0 Å². The Bertz CT molecular complexity index is 360. The Kier molecular flexibility index (Phi) is 24.2. The molecule has 1 unspecified atom stereocenters. The van der Waals surface area contributed by atoms with E-state index in [4.69, 9.17) is 9.30 Å². The molecule has 0 fully saturated rings. The SMILES string of the molecule is C=CC(C)(C)S(=O)[O-].C[c-]1cccc1.[C-]#[O+].[C-]#[O+].[Fe+6]. The van der Waals surface area contributed by atoms with Gasteiger partial charge in [-0.1, -0.05) is 13.0 Å². The molecule has 1 aromatic rings. The molecule has 0 aromatic heterocycles. The summed E-state index contributed by atoms with van der Waals surface area (Å²) in [6, 6.07) is 8.24. The van der Waals surface area contributed by atoms with E-state index in [2.05, 4.69) is 38.9 Å². The van der Waals surface area contributed by atoms with Gasteiger partial charge in [0, 0.05) is 4.75 Å². The van der Waals surface area contributed by atoms with Crippen LogP contribution in [0.2, 0.25) is 0 Å². The Morgan fingerprint density at radius 3 is 1.63 bits per heavy atom. The van der Waals surface area contributed by atoms with Crippen molar-refractivity contribution >= 4 is 11.1 Å². The molecule has 4 nitrogen and oxygen atoms in total. The number of aryl methyl sites for hydroxylation is 1. The van der Waals surface area contributed by atoms with Gasteiger partial charge in [0.05, 0.1) is 0 Å². The minimum absolute atomic E-state index is 0. The molecule has 0 saturated carbocycles. The molecule has 0 N–H and O–H groups in total. The summed E-state index contributed by atoms with van der Waals surface area (Å²) in [7, 11) is 0. The van der Waals surface area contributed by atoms with Crippen LogP contribution in [0.3, 0.4) is 0 Å². The van der Waals surface area contributed by atoms with E-state index >= 15 is 0 Å². The van der Waals surface area contributed by atoms with E-state index in [9.17, 15) is 8.76 Å². The van der Waals surface area contributed by atoms with E-state index in [-0.39, 0.29) is 17.1 Å². The molecule has 1 atom stereocenters. The predicted octanol–water partition coefficient (Wildman–Crippen LogP) is 2.47. The third-order valence-electron chi connectivity index (χ3n) is 1.75. The van der Waals surface area contributed by atoms with Crippen LogP contribution in [-0.4, -0.2) is 13.5 Å². The summed E-state index contributed by atoms with van der Waals surface area (Å²) in [5, 5.41) is 0. The monoisotopic (exact) mass is 324 g/mol. The maximum absolute atomic E-state index is 10.2. The van der Waals surface area contributed by atoms with Gasteiger partial charge >= 0.3 is 39.7 Å². The predicted molar refractivity (Wildman–Crippen MR) is 67.8 cm³/mol. The van der Waals surface area contributed by atoms with Crippen molar-refractivity contribution in [3.8, 4) is 0 Å². The van der Waals surface area contributed by atoms with Crippen LogP contribution >= 0.6 is 0 Å². The Morgan fingerprint density at radius 2 is 1.58 bits per heavy atom. The standard InChI is InChI=1S/C6H7.C5H10O2S.2CO.Fe/c1-6-4-2-3-5-6;1-4-5(2,3)8(6)7;2*1-2;/h2-5H,1H3;4H,1H2,2-3H3,(H,6,7);;;/q-1;;;;+6/p-1. The van der Waals surface area contributed by atoms with E-state index in [1.54, 1.807) is 13.8 Å². The van der Waals surface area contributed by atoms with Crippen molar-refractivity contribution in [3.63, 3.8) is 0 Å². The van der Waals surface area contributed by atoms with Crippen molar-refractivity contribution < 1.29 is 35.1 Å². The van der Waals surface area contributed by atoms with Crippen molar-refractivity contribution in [2.45, 2.75) is 25.5 Å². The van der Waals surface area contributed by atoms with Crippen molar-refractivity contribution in [1.82, 2.24) is 0 Å². The van der Waals surface area contributed by atoms with E-state index in [1.807, 2.05) is 12.1 Å². The molecular formula is C13H16FeO4S+4. The minimum Gasteiger partial charge on any atom is 6.00 e. The zero-order chi connectivity index (χ0) is 15.2. The number of rotatable bonds is 2. The van der Waals surface area contributed by atoms with E-state index < -0.39 is 15.8 Å². The van der Waals surface area contributed by atoms with E-state index in [1.165, 1.54) is 11.6 Å².